The minimum atomic E-state index is -0.125. The molecule has 0 unspecified atom stereocenters. The van der Waals surface area contributed by atoms with E-state index in [-0.39, 0.29) is 5.91 Å². The van der Waals surface area contributed by atoms with Gasteiger partial charge in [0.2, 0.25) is 0 Å². The molecule has 1 fully saturated rings. The van der Waals surface area contributed by atoms with Gasteiger partial charge < -0.3 is 15.5 Å². The number of aliphatic imine (C=N–C) groups is 1. The number of amides is 1. The first kappa shape index (κ1) is 20.5. The number of aryl methyl sites for hydroxylation is 2. The zero-order valence-corrected chi connectivity index (χ0v) is 18.0. The van der Waals surface area contributed by atoms with Crippen molar-refractivity contribution in [1.82, 2.24) is 20.6 Å². The molecule has 0 aliphatic carbocycles. The molecule has 7 nitrogen and oxygen atoms in total. The third-order valence-electron chi connectivity index (χ3n) is 5.99. The summed E-state index contributed by atoms with van der Waals surface area (Å²) in [6.07, 6.45) is 4.74. The summed E-state index contributed by atoms with van der Waals surface area (Å²) in [4.78, 5) is 28.4. The molecule has 0 bridgehead atoms. The molecule has 1 aromatic heterocycles. The van der Waals surface area contributed by atoms with Crippen molar-refractivity contribution in [2.75, 3.05) is 31.1 Å². The highest BCUT2D eigenvalue weighted by atomic mass is 16.1. The van der Waals surface area contributed by atoms with Gasteiger partial charge in [0.15, 0.2) is 5.82 Å². The lowest BCUT2D eigenvalue weighted by molar-refractivity contribution is -0.115. The fourth-order valence-corrected chi connectivity index (χ4v) is 4.20. The Hall–Kier alpha value is -2.80. The zero-order chi connectivity index (χ0) is 21.1. The summed E-state index contributed by atoms with van der Waals surface area (Å²) in [5.74, 6) is 1.17. The van der Waals surface area contributed by atoms with Crippen LogP contribution >= 0.6 is 0 Å². The molecule has 2 aliphatic rings. The number of nitrogens with zero attached hydrogens (tertiary/aromatic N) is 4. The summed E-state index contributed by atoms with van der Waals surface area (Å²) in [6, 6.07) is 6.49. The Morgan fingerprint density at radius 1 is 1.27 bits per heavy atom. The first-order valence-corrected chi connectivity index (χ1v) is 10.8. The first-order valence-electron chi connectivity index (χ1n) is 10.8. The van der Waals surface area contributed by atoms with E-state index in [0.717, 1.165) is 56.1 Å². The van der Waals surface area contributed by atoms with E-state index in [1.807, 2.05) is 6.92 Å². The Morgan fingerprint density at radius 3 is 2.87 bits per heavy atom. The van der Waals surface area contributed by atoms with E-state index >= 15 is 0 Å². The third kappa shape index (κ3) is 4.36. The van der Waals surface area contributed by atoms with Gasteiger partial charge in [-0.25, -0.2) is 15.0 Å². The normalized spacial score (nSPS) is 17.2. The van der Waals surface area contributed by atoms with Crippen LogP contribution in [-0.2, 0) is 11.2 Å². The number of benzene rings is 1. The summed E-state index contributed by atoms with van der Waals surface area (Å²) in [6.45, 7) is 9.37. The molecule has 4 rings (SSSR count). The van der Waals surface area contributed by atoms with Crippen molar-refractivity contribution in [2.45, 2.75) is 40.0 Å². The third-order valence-corrected chi connectivity index (χ3v) is 5.99. The second-order valence-electron chi connectivity index (χ2n) is 8.27. The van der Waals surface area contributed by atoms with Crippen molar-refractivity contribution >= 4 is 28.8 Å². The number of rotatable bonds is 5. The molecule has 0 saturated carbocycles. The van der Waals surface area contributed by atoms with Gasteiger partial charge in [0.25, 0.3) is 5.91 Å². The van der Waals surface area contributed by atoms with Crippen LogP contribution in [0.2, 0.25) is 0 Å². The smallest absolute Gasteiger partial charge is 0.265 e. The Kier molecular flexibility index (Phi) is 6.08. The number of aromatic nitrogens is 2. The van der Waals surface area contributed by atoms with Gasteiger partial charge in [0.05, 0.1) is 5.69 Å². The van der Waals surface area contributed by atoms with Crippen molar-refractivity contribution in [2.24, 2.45) is 10.9 Å². The van der Waals surface area contributed by atoms with Crippen LogP contribution in [0.1, 0.15) is 36.6 Å². The van der Waals surface area contributed by atoms with Crippen LogP contribution < -0.4 is 15.5 Å². The molecule has 0 spiro atoms. The average molecular weight is 407 g/mol. The quantitative estimate of drug-likeness (QED) is 0.746. The number of hydrogen-bond acceptors (Lipinski definition) is 6. The standard InChI is InChI=1S/C23H30N6O/c1-15-4-5-20-19(12-15)8-11-29(20)22-21(16(2)26-14-27-22)28-17(3)23(30)25-13-18-6-9-24-10-7-18/h4-5,12,14,18,24H,6-11,13H2,1-3H3,(H,25,30)/b28-17+. The number of nitrogens with one attached hydrogen (secondary N) is 2. The lowest BCUT2D eigenvalue weighted by Crippen LogP contribution is -2.38. The molecule has 30 heavy (non-hydrogen) atoms. The van der Waals surface area contributed by atoms with Gasteiger partial charge in [0.1, 0.15) is 17.7 Å². The molecule has 1 saturated heterocycles. The van der Waals surface area contributed by atoms with Crippen LogP contribution in [0.4, 0.5) is 17.2 Å². The zero-order valence-electron chi connectivity index (χ0n) is 18.0. The first-order chi connectivity index (χ1) is 14.5. The number of fused-ring (bicyclic) bond motifs is 1. The Morgan fingerprint density at radius 2 is 2.07 bits per heavy atom. The molecular formula is C23H30N6O. The molecule has 2 N–H and O–H groups in total. The van der Waals surface area contributed by atoms with Crippen molar-refractivity contribution in [3.63, 3.8) is 0 Å². The predicted octanol–water partition coefficient (Wildman–Crippen LogP) is 3.00. The molecule has 0 atom stereocenters. The number of anilines is 2. The molecule has 3 heterocycles. The molecule has 1 amide bonds. The minimum absolute atomic E-state index is 0.125. The van der Waals surface area contributed by atoms with E-state index in [4.69, 9.17) is 0 Å². The largest absolute Gasteiger partial charge is 0.351 e. The highest BCUT2D eigenvalue weighted by Crippen LogP contribution is 2.39. The molecular weight excluding hydrogens is 376 g/mol. The van der Waals surface area contributed by atoms with Gasteiger partial charge in [0, 0.05) is 18.8 Å². The van der Waals surface area contributed by atoms with E-state index in [1.54, 1.807) is 13.3 Å². The van der Waals surface area contributed by atoms with Crippen LogP contribution in [-0.4, -0.2) is 47.8 Å². The monoisotopic (exact) mass is 406 g/mol. The van der Waals surface area contributed by atoms with Gasteiger partial charge in [-0.1, -0.05) is 17.7 Å². The van der Waals surface area contributed by atoms with Gasteiger partial charge in [-0.15, -0.1) is 0 Å². The van der Waals surface area contributed by atoms with E-state index in [9.17, 15) is 4.79 Å². The average Bonchev–Trinajstić information content (AvgIpc) is 3.16. The van der Waals surface area contributed by atoms with Crippen LogP contribution in [0.5, 0.6) is 0 Å². The van der Waals surface area contributed by atoms with Gasteiger partial charge in [-0.2, -0.15) is 0 Å². The molecule has 7 heteroatoms. The summed E-state index contributed by atoms with van der Waals surface area (Å²) < 4.78 is 0. The van der Waals surface area contributed by atoms with Crippen LogP contribution in [0.3, 0.4) is 0 Å². The van der Waals surface area contributed by atoms with E-state index < -0.39 is 0 Å². The molecule has 2 aliphatic heterocycles. The Labute approximate surface area is 178 Å². The summed E-state index contributed by atoms with van der Waals surface area (Å²) in [5, 5.41) is 6.40. The number of carbonyl (C=O) groups is 1. The SMILES string of the molecule is C/C(=N\c1c(C)ncnc1N1CCc2cc(C)ccc21)C(=O)NCC1CCNCC1. The number of piperidine rings is 1. The van der Waals surface area contributed by atoms with Crippen molar-refractivity contribution in [3.05, 3.63) is 41.3 Å². The van der Waals surface area contributed by atoms with Crippen molar-refractivity contribution < 1.29 is 4.79 Å². The predicted molar refractivity (Wildman–Crippen MR) is 120 cm³/mol. The van der Waals surface area contributed by atoms with Gasteiger partial charge in [-0.3, -0.25) is 4.79 Å². The maximum absolute atomic E-state index is 12.7. The maximum Gasteiger partial charge on any atom is 0.265 e. The summed E-state index contributed by atoms with van der Waals surface area (Å²) >= 11 is 0. The summed E-state index contributed by atoms with van der Waals surface area (Å²) in [7, 11) is 0. The highest BCUT2D eigenvalue weighted by Gasteiger charge is 2.25. The lowest BCUT2D eigenvalue weighted by atomic mass is 9.98. The van der Waals surface area contributed by atoms with Crippen LogP contribution in [0.15, 0.2) is 29.5 Å². The highest BCUT2D eigenvalue weighted by molar-refractivity contribution is 6.38. The van der Waals surface area contributed by atoms with E-state index in [1.165, 1.54) is 11.1 Å². The molecule has 2 aromatic rings. The fourth-order valence-electron chi connectivity index (χ4n) is 4.20. The molecule has 0 radical (unpaired) electrons. The van der Waals surface area contributed by atoms with E-state index in [2.05, 4.69) is 55.6 Å². The topological polar surface area (TPSA) is 82.5 Å². The Balaban J connectivity index is 1.55. The fraction of sp³-hybridized carbons (Fsp3) is 0.478. The second-order valence-corrected chi connectivity index (χ2v) is 8.27. The summed E-state index contributed by atoms with van der Waals surface area (Å²) in [5.41, 5.74) is 5.60. The number of hydrogen-bond donors (Lipinski definition) is 2. The minimum Gasteiger partial charge on any atom is -0.351 e. The van der Waals surface area contributed by atoms with Gasteiger partial charge in [-0.05, 0) is 70.7 Å². The molecule has 158 valence electrons. The molecule has 1 aromatic carbocycles. The second kappa shape index (κ2) is 8.92. The van der Waals surface area contributed by atoms with Crippen molar-refractivity contribution in [1.29, 1.82) is 0 Å². The van der Waals surface area contributed by atoms with Gasteiger partial charge >= 0.3 is 0 Å². The Bertz CT molecular complexity index is 964. The number of carbonyl (C=O) groups excluding carboxylic acids is 1. The maximum atomic E-state index is 12.7. The van der Waals surface area contributed by atoms with Crippen LogP contribution in [0, 0.1) is 19.8 Å². The van der Waals surface area contributed by atoms with E-state index in [0.29, 0.717) is 23.9 Å². The van der Waals surface area contributed by atoms with Crippen LogP contribution in [0.25, 0.3) is 0 Å². The lowest BCUT2D eigenvalue weighted by Gasteiger charge is -2.23. The van der Waals surface area contributed by atoms with Crippen molar-refractivity contribution in [3.8, 4) is 0 Å².